The molecule has 0 saturated heterocycles. The largest absolute Gasteiger partial charge is 0.373 e. The summed E-state index contributed by atoms with van der Waals surface area (Å²) in [4.78, 5) is 9.29. The number of hydrogen-bond acceptors (Lipinski definition) is 4. The molecule has 1 fully saturated rings. The van der Waals surface area contributed by atoms with Crippen LogP contribution >= 0.6 is 0 Å². The minimum Gasteiger partial charge on any atom is -0.373 e. The number of aromatic nitrogens is 2. The van der Waals surface area contributed by atoms with E-state index in [9.17, 15) is 0 Å². The van der Waals surface area contributed by atoms with E-state index in [1.807, 2.05) is 13.1 Å². The van der Waals surface area contributed by atoms with Crippen molar-refractivity contribution in [2.24, 2.45) is 5.41 Å². The Hall–Kier alpha value is -1.32. The number of anilines is 2. The molecule has 1 heterocycles. The molecular formula is C17H30N4. The first-order valence-corrected chi connectivity index (χ1v) is 8.20. The molecule has 0 atom stereocenters. The van der Waals surface area contributed by atoms with Crippen molar-refractivity contribution in [3.05, 3.63) is 11.9 Å². The first-order chi connectivity index (χ1) is 9.88. The van der Waals surface area contributed by atoms with Crippen LogP contribution in [0.25, 0.3) is 0 Å². The van der Waals surface area contributed by atoms with Gasteiger partial charge in [-0.3, -0.25) is 0 Å². The highest BCUT2D eigenvalue weighted by Crippen LogP contribution is 2.40. The van der Waals surface area contributed by atoms with Gasteiger partial charge >= 0.3 is 0 Å². The zero-order valence-electron chi connectivity index (χ0n) is 14.2. The standard InChI is InChI=1S/C17H30N4/c1-6-17(9-7-8-10-17)12-19-14-11-13(18-5)20-15(21-14)16(2,3)4/h11H,6-10,12H2,1-5H3,(H2,18,19,20,21). The predicted molar refractivity (Wildman–Crippen MR) is 90.0 cm³/mol. The summed E-state index contributed by atoms with van der Waals surface area (Å²) >= 11 is 0. The quantitative estimate of drug-likeness (QED) is 0.853. The van der Waals surface area contributed by atoms with Gasteiger partial charge < -0.3 is 10.6 Å². The van der Waals surface area contributed by atoms with Crippen molar-refractivity contribution in [2.75, 3.05) is 24.2 Å². The third-order valence-electron chi connectivity index (χ3n) is 4.71. The molecule has 4 nitrogen and oxygen atoms in total. The van der Waals surface area contributed by atoms with E-state index in [1.54, 1.807) is 0 Å². The van der Waals surface area contributed by atoms with Crippen LogP contribution in [0, 0.1) is 5.41 Å². The summed E-state index contributed by atoms with van der Waals surface area (Å²) in [5, 5.41) is 6.71. The van der Waals surface area contributed by atoms with Crippen LogP contribution in [-0.4, -0.2) is 23.6 Å². The van der Waals surface area contributed by atoms with Gasteiger partial charge in [0.05, 0.1) is 0 Å². The van der Waals surface area contributed by atoms with E-state index in [-0.39, 0.29) is 5.41 Å². The lowest BCUT2D eigenvalue weighted by Crippen LogP contribution is -2.27. The van der Waals surface area contributed by atoms with Gasteiger partial charge in [0.25, 0.3) is 0 Å². The summed E-state index contributed by atoms with van der Waals surface area (Å²) in [6, 6.07) is 2.01. The normalized spacial score (nSPS) is 17.8. The smallest absolute Gasteiger partial charge is 0.138 e. The number of hydrogen-bond donors (Lipinski definition) is 2. The van der Waals surface area contributed by atoms with Gasteiger partial charge in [-0.1, -0.05) is 40.5 Å². The van der Waals surface area contributed by atoms with Gasteiger partial charge in [-0.05, 0) is 24.7 Å². The summed E-state index contributed by atoms with van der Waals surface area (Å²) in [7, 11) is 1.91. The molecule has 1 aliphatic carbocycles. The van der Waals surface area contributed by atoms with E-state index in [4.69, 9.17) is 4.98 Å². The predicted octanol–water partition coefficient (Wildman–Crippen LogP) is 4.20. The molecule has 0 unspecified atom stereocenters. The van der Waals surface area contributed by atoms with E-state index in [1.165, 1.54) is 32.1 Å². The average Bonchev–Trinajstić information content (AvgIpc) is 2.93. The highest BCUT2D eigenvalue weighted by molar-refractivity contribution is 5.48. The summed E-state index contributed by atoms with van der Waals surface area (Å²) in [5.74, 6) is 2.71. The minimum absolute atomic E-state index is 0.0426. The number of nitrogens with one attached hydrogen (secondary N) is 2. The van der Waals surface area contributed by atoms with Crippen LogP contribution in [0.5, 0.6) is 0 Å². The van der Waals surface area contributed by atoms with Crippen molar-refractivity contribution in [3.63, 3.8) is 0 Å². The Labute approximate surface area is 129 Å². The highest BCUT2D eigenvalue weighted by Gasteiger charge is 2.31. The number of rotatable bonds is 5. The van der Waals surface area contributed by atoms with Crippen molar-refractivity contribution in [1.29, 1.82) is 0 Å². The van der Waals surface area contributed by atoms with Crippen LogP contribution in [0.15, 0.2) is 6.07 Å². The van der Waals surface area contributed by atoms with E-state index in [0.717, 1.165) is 24.0 Å². The Bertz CT molecular complexity index is 470. The molecule has 1 saturated carbocycles. The molecule has 0 aromatic carbocycles. The van der Waals surface area contributed by atoms with Crippen LogP contribution in [0.4, 0.5) is 11.6 Å². The molecule has 0 spiro atoms. The Balaban J connectivity index is 2.15. The van der Waals surface area contributed by atoms with E-state index >= 15 is 0 Å². The fourth-order valence-corrected chi connectivity index (χ4v) is 3.06. The lowest BCUT2D eigenvalue weighted by molar-refractivity contribution is 0.306. The maximum absolute atomic E-state index is 4.72. The van der Waals surface area contributed by atoms with Crippen LogP contribution in [-0.2, 0) is 5.41 Å². The van der Waals surface area contributed by atoms with Gasteiger partial charge in [0.15, 0.2) is 0 Å². The van der Waals surface area contributed by atoms with Crippen LogP contribution in [0.2, 0.25) is 0 Å². The molecule has 2 N–H and O–H groups in total. The van der Waals surface area contributed by atoms with Gasteiger partial charge in [0.1, 0.15) is 17.5 Å². The summed E-state index contributed by atoms with van der Waals surface area (Å²) in [6.07, 6.45) is 6.66. The fraction of sp³-hybridized carbons (Fsp3) is 0.765. The first kappa shape index (κ1) is 16.1. The topological polar surface area (TPSA) is 49.8 Å². The SMILES string of the molecule is CCC1(CNc2cc(NC)nc(C(C)(C)C)n2)CCCC1. The fourth-order valence-electron chi connectivity index (χ4n) is 3.06. The molecule has 1 aromatic rings. The average molecular weight is 290 g/mol. The second-order valence-electron chi connectivity index (χ2n) is 7.38. The lowest BCUT2D eigenvalue weighted by Gasteiger charge is -2.28. The zero-order valence-corrected chi connectivity index (χ0v) is 14.2. The summed E-state index contributed by atoms with van der Waals surface area (Å²) in [5.41, 5.74) is 0.422. The first-order valence-electron chi connectivity index (χ1n) is 8.20. The third-order valence-corrected chi connectivity index (χ3v) is 4.71. The van der Waals surface area contributed by atoms with E-state index in [2.05, 4.69) is 43.3 Å². The molecule has 1 aliphatic rings. The molecule has 2 rings (SSSR count). The Morgan fingerprint density at radius 1 is 1.14 bits per heavy atom. The summed E-state index contributed by atoms with van der Waals surface area (Å²) < 4.78 is 0. The second kappa shape index (κ2) is 6.20. The third kappa shape index (κ3) is 3.86. The molecule has 0 bridgehead atoms. The lowest BCUT2D eigenvalue weighted by atomic mass is 9.83. The second-order valence-corrected chi connectivity index (χ2v) is 7.38. The molecular weight excluding hydrogens is 260 g/mol. The van der Waals surface area contributed by atoms with Gasteiger partial charge in [-0.2, -0.15) is 0 Å². The van der Waals surface area contributed by atoms with Gasteiger partial charge in [-0.25, -0.2) is 9.97 Å². The monoisotopic (exact) mass is 290 g/mol. The Kier molecular flexibility index (Phi) is 4.74. The van der Waals surface area contributed by atoms with Gasteiger partial charge in [-0.15, -0.1) is 0 Å². The van der Waals surface area contributed by atoms with E-state index in [0.29, 0.717) is 5.41 Å². The molecule has 0 amide bonds. The molecule has 118 valence electrons. The Morgan fingerprint density at radius 2 is 1.76 bits per heavy atom. The zero-order chi connectivity index (χ0) is 15.5. The Morgan fingerprint density at radius 3 is 2.29 bits per heavy atom. The number of nitrogens with zero attached hydrogens (tertiary/aromatic N) is 2. The van der Waals surface area contributed by atoms with Crippen molar-refractivity contribution in [2.45, 2.75) is 65.2 Å². The molecule has 1 aromatic heterocycles. The maximum Gasteiger partial charge on any atom is 0.138 e. The van der Waals surface area contributed by atoms with Crippen molar-refractivity contribution in [3.8, 4) is 0 Å². The van der Waals surface area contributed by atoms with Crippen molar-refractivity contribution < 1.29 is 0 Å². The molecule has 21 heavy (non-hydrogen) atoms. The molecule has 0 radical (unpaired) electrons. The highest BCUT2D eigenvalue weighted by atomic mass is 15.1. The van der Waals surface area contributed by atoms with Gasteiger partial charge in [0.2, 0.25) is 0 Å². The summed E-state index contributed by atoms with van der Waals surface area (Å²) in [6.45, 7) is 9.78. The van der Waals surface area contributed by atoms with Crippen molar-refractivity contribution >= 4 is 11.6 Å². The minimum atomic E-state index is -0.0426. The molecule has 0 aliphatic heterocycles. The van der Waals surface area contributed by atoms with Crippen molar-refractivity contribution in [1.82, 2.24) is 9.97 Å². The van der Waals surface area contributed by atoms with Crippen LogP contribution in [0.1, 0.15) is 65.6 Å². The van der Waals surface area contributed by atoms with E-state index < -0.39 is 0 Å². The van der Waals surface area contributed by atoms with Gasteiger partial charge in [0, 0.05) is 25.1 Å². The van der Waals surface area contributed by atoms with Crippen LogP contribution in [0.3, 0.4) is 0 Å². The molecule has 4 heteroatoms. The maximum atomic E-state index is 4.72. The van der Waals surface area contributed by atoms with Crippen LogP contribution < -0.4 is 10.6 Å².